The maximum atomic E-state index is 13.0. The number of aryl methyl sites for hydroxylation is 1. The van der Waals surface area contributed by atoms with E-state index in [2.05, 4.69) is 0 Å². The first kappa shape index (κ1) is 28.2. The second-order valence-electron chi connectivity index (χ2n) is 10.1. The van der Waals surface area contributed by atoms with Crippen molar-refractivity contribution in [2.24, 2.45) is 0 Å². The van der Waals surface area contributed by atoms with Gasteiger partial charge in [0.25, 0.3) is 0 Å². The molecule has 216 valence electrons. The number of hydrogen-bond acceptors (Lipinski definition) is 7. The van der Waals surface area contributed by atoms with Gasteiger partial charge in [-0.2, -0.15) is 0 Å². The molecular formula is C37H26O7. The van der Waals surface area contributed by atoms with E-state index >= 15 is 0 Å². The fraction of sp³-hybridized carbons (Fsp3) is 0.0541. The van der Waals surface area contributed by atoms with E-state index in [-0.39, 0.29) is 0 Å². The molecule has 0 aromatic heterocycles. The van der Waals surface area contributed by atoms with Crippen molar-refractivity contribution in [2.75, 3.05) is 7.11 Å². The van der Waals surface area contributed by atoms with Crippen LogP contribution in [0.1, 0.15) is 36.6 Å². The Balaban J connectivity index is 1.12. The minimum atomic E-state index is -0.514. The Kier molecular flexibility index (Phi) is 7.76. The summed E-state index contributed by atoms with van der Waals surface area (Å²) >= 11 is 0. The van der Waals surface area contributed by atoms with Crippen molar-refractivity contribution in [2.45, 2.75) is 6.92 Å². The number of methoxy groups -OCH3 is 1. The van der Waals surface area contributed by atoms with Crippen LogP contribution in [0.4, 0.5) is 0 Å². The van der Waals surface area contributed by atoms with Crippen LogP contribution in [0.25, 0.3) is 21.5 Å². The molecule has 7 nitrogen and oxygen atoms in total. The lowest BCUT2D eigenvalue weighted by atomic mass is 10.1. The van der Waals surface area contributed by atoms with E-state index in [1.54, 1.807) is 110 Å². The fourth-order valence-corrected chi connectivity index (χ4v) is 4.72. The molecule has 0 fully saturated rings. The van der Waals surface area contributed by atoms with Gasteiger partial charge in [-0.15, -0.1) is 0 Å². The summed E-state index contributed by atoms with van der Waals surface area (Å²) in [5.74, 6) is 0.475. The van der Waals surface area contributed by atoms with E-state index in [1.165, 1.54) is 0 Å². The summed E-state index contributed by atoms with van der Waals surface area (Å²) in [5, 5.41) is 3.19. The van der Waals surface area contributed by atoms with Crippen LogP contribution < -0.4 is 18.9 Å². The highest BCUT2D eigenvalue weighted by atomic mass is 16.5. The molecule has 0 radical (unpaired) electrons. The second kappa shape index (κ2) is 12.1. The molecular weight excluding hydrogens is 556 g/mol. The third-order valence-electron chi connectivity index (χ3n) is 7.14. The molecule has 0 N–H and O–H groups in total. The third-order valence-corrected chi connectivity index (χ3v) is 7.14. The van der Waals surface area contributed by atoms with E-state index < -0.39 is 17.9 Å². The van der Waals surface area contributed by atoms with Gasteiger partial charge in [0.1, 0.15) is 23.0 Å². The Bertz CT molecular complexity index is 2040. The SMILES string of the molecule is COc1ccc(C(=O)Oc2ccc3cc(C(=O)Oc4ccc5cc(C(=O)Oc6ccccc6C)ccc5c4)ccc3c2)cc1. The van der Waals surface area contributed by atoms with Crippen LogP contribution in [-0.4, -0.2) is 25.0 Å². The summed E-state index contributed by atoms with van der Waals surface area (Å²) in [6.45, 7) is 1.88. The lowest BCUT2D eigenvalue weighted by Gasteiger charge is -2.09. The number of para-hydroxylation sites is 1. The number of carbonyl (C=O) groups is 3. The number of benzene rings is 6. The van der Waals surface area contributed by atoms with Crippen LogP contribution in [0.5, 0.6) is 23.0 Å². The molecule has 6 aromatic carbocycles. The Hall–Kier alpha value is -5.95. The van der Waals surface area contributed by atoms with Gasteiger partial charge in [-0.25, -0.2) is 14.4 Å². The van der Waals surface area contributed by atoms with Crippen molar-refractivity contribution in [3.8, 4) is 23.0 Å². The molecule has 6 rings (SSSR count). The minimum absolute atomic E-state index is 0.370. The average Bonchev–Trinajstić information content (AvgIpc) is 3.05. The van der Waals surface area contributed by atoms with Gasteiger partial charge in [0.15, 0.2) is 0 Å². The molecule has 0 aliphatic rings. The summed E-state index contributed by atoms with van der Waals surface area (Å²) in [4.78, 5) is 38.2. The van der Waals surface area contributed by atoms with Crippen molar-refractivity contribution in [1.29, 1.82) is 0 Å². The van der Waals surface area contributed by atoms with Crippen LogP contribution in [0.3, 0.4) is 0 Å². The highest BCUT2D eigenvalue weighted by molar-refractivity contribution is 5.99. The molecule has 0 atom stereocenters. The van der Waals surface area contributed by atoms with E-state index in [1.807, 2.05) is 25.1 Å². The monoisotopic (exact) mass is 582 g/mol. The number of hydrogen-bond donors (Lipinski definition) is 0. The zero-order valence-corrected chi connectivity index (χ0v) is 23.9. The van der Waals surface area contributed by atoms with Gasteiger partial charge in [-0.05, 0) is 113 Å². The molecule has 44 heavy (non-hydrogen) atoms. The summed E-state index contributed by atoms with van der Waals surface area (Å²) in [5.41, 5.74) is 2.06. The van der Waals surface area contributed by atoms with Gasteiger partial charge in [0.05, 0.1) is 23.8 Å². The Morgan fingerprint density at radius 2 is 0.886 bits per heavy atom. The molecule has 0 spiro atoms. The maximum Gasteiger partial charge on any atom is 0.343 e. The summed E-state index contributed by atoms with van der Waals surface area (Å²) in [6, 6.07) is 34.8. The molecule has 0 heterocycles. The number of esters is 3. The molecule has 0 bridgehead atoms. The number of carbonyl (C=O) groups excluding carboxylic acids is 3. The predicted octanol–water partition coefficient (Wildman–Crippen LogP) is 7.97. The third kappa shape index (κ3) is 6.12. The van der Waals surface area contributed by atoms with Crippen molar-refractivity contribution >= 4 is 39.5 Å². The van der Waals surface area contributed by atoms with Crippen molar-refractivity contribution in [3.63, 3.8) is 0 Å². The van der Waals surface area contributed by atoms with E-state index in [4.69, 9.17) is 18.9 Å². The van der Waals surface area contributed by atoms with E-state index in [0.29, 0.717) is 39.7 Å². The Morgan fingerprint density at radius 3 is 1.43 bits per heavy atom. The van der Waals surface area contributed by atoms with Gasteiger partial charge in [-0.3, -0.25) is 0 Å². The lowest BCUT2D eigenvalue weighted by Crippen LogP contribution is -2.09. The van der Waals surface area contributed by atoms with Crippen LogP contribution in [0, 0.1) is 6.92 Å². The van der Waals surface area contributed by atoms with E-state index in [9.17, 15) is 14.4 Å². The molecule has 7 heteroatoms. The first-order chi connectivity index (χ1) is 21.4. The molecule has 0 aliphatic carbocycles. The maximum absolute atomic E-state index is 13.0. The average molecular weight is 583 g/mol. The van der Waals surface area contributed by atoms with Gasteiger partial charge >= 0.3 is 17.9 Å². The van der Waals surface area contributed by atoms with Crippen molar-refractivity contribution < 1.29 is 33.3 Å². The smallest absolute Gasteiger partial charge is 0.343 e. The normalized spacial score (nSPS) is 10.8. The first-order valence-electron chi connectivity index (χ1n) is 13.8. The van der Waals surface area contributed by atoms with Crippen LogP contribution >= 0.6 is 0 Å². The predicted molar refractivity (Wildman–Crippen MR) is 167 cm³/mol. The van der Waals surface area contributed by atoms with Crippen LogP contribution in [0.15, 0.2) is 121 Å². The standard InChI is InChI=1S/C37H26O7/c1-23-5-3-4-6-34(23)44-37(40)30-10-8-28-22-33(18-14-26(28)20-30)43-36(39)29-9-7-27-21-32(17-13-25(27)19-29)42-35(38)24-11-15-31(41-2)16-12-24/h3-22H,1-2H3. The Morgan fingerprint density at radius 1 is 0.455 bits per heavy atom. The highest BCUT2D eigenvalue weighted by Crippen LogP contribution is 2.27. The number of fused-ring (bicyclic) bond motifs is 2. The Labute approximate surface area is 253 Å². The van der Waals surface area contributed by atoms with Gasteiger partial charge in [-0.1, -0.05) is 42.5 Å². The molecule has 0 unspecified atom stereocenters. The van der Waals surface area contributed by atoms with Crippen LogP contribution in [0.2, 0.25) is 0 Å². The summed E-state index contributed by atoms with van der Waals surface area (Å²) in [7, 11) is 1.56. The number of rotatable bonds is 7. The molecule has 6 aromatic rings. The zero-order valence-electron chi connectivity index (χ0n) is 23.9. The molecule has 0 amide bonds. The van der Waals surface area contributed by atoms with Gasteiger partial charge in [0, 0.05) is 0 Å². The second-order valence-corrected chi connectivity index (χ2v) is 10.1. The van der Waals surface area contributed by atoms with E-state index in [0.717, 1.165) is 27.1 Å². The van der Waals surface area contributed by atoms with Gasteiger partial charge in [0.2, 0.25) is 0 Å². The molecule has 0 aliphatic heterocycles. The summed E-state index contributed by atoms with van der Waals surface area (Å²) in [6.07, 6.45) is 0. The van der Waals surface area contributed by atoms with Crippen LogP contribution in [-0.2, 0) is 0 Å². The van der Waals surface area contributed by atoms with Gasteiger partial charge < -0.3 is 18.9 Å². The zero-order chi connectivity index (χ0) is 30.6. The minimum Gasteiger partial charge on any atom is -0.497 e. The van der Waals surface area contributed by atoms with Crippen molar-refractivity contribution in [3.05, 3.63) is 144 Å². The quantitative estimate of drug-likeness (QED) is 0.139. The van der Waals surface area contributed by atoms with Crippen molar-refractivity contribution in [1.82, 2.24) is 0 Å². The molecule has 0 saturated carbocycles. The summed E-state index contributed by atoms with van der Waals surface area (Å²) < 4.78 is 21.9. The fourth-order valence-electron chi connectivity index (χ4n) is 4.72. The lowest BCUT2D eigenvalue weighted by molar-refractivity contribution is 0.0724. The topological polar surface area (TPSA) is 88.1 Å². The largest absolute Gasteiger partial charge is 0.497 e. The first-order valence-corrected chi connectivity index (χ1v) is 13.8. The molecule has 0 saturated heterocycles. The highest BCUT2D eigenvalue weighted by Gasteiger charge is 2.14. The number of ether oxygens (including phenoxy) is 4.